The van der Waals surface area contributed by atoms with E-state index in [0.717, 1.165) is 10.6 Å². The predicted molar refractivity (Wildman–Crippen MR) is 122 cm³/mol. The van der Waals surface area contributed by atoms with Crippen molar-refractivity contribution >= 4 is 23.3 Å². The molecule has 0 radical (unpaired) electrons. The summed E-state index contributed by atoms with van der Waals surface area (Å²) in [5, 5.41) is 13.3. The van der Waals surface area contributed by atoms with Gasteiger partial charge in [-0.25, -0.2) is 14.6 Å². The molecule has 4 heterocycles. The van der Waals surface area contributed by atoms with E-state index in [1.54, 1.807) is 42.1 Å². The third kappa shape index (κ3) is 2.41. The molecule has 0 bridgehead atoms. The molecular formula is C25H22N6O3. The lowest BCUT2D eigenvalue weighted by Gasteiger charge is -2.45. The summed E-state index contributed by atoms with van der Waals surface area (Å²) >= 11 is 0. The minimum Gasteiger partial charge on any atom is -0.291 e. The van der Waals surface area contributed by atoms with Crippen LogP contribution in [0.25, 0.3) is 5.82 Å². The number of imide groups is 1. The van der Waals surface area contributed by atoms with E-state index >= 15 is 0 Å². The van der Waals surface area contributed by atoms with Gasteiger partial charge in [0.1, 0.15) is 5.92 Å². The Morgan fingerprint density at radius 1 is 0.971 bits per heavy atom. The molecule has 0 N–H and O–H groups in total. The smallest absolute Gasteiger partial charge is 0.261 e. The van der Waals surface area contributed by atoms with Gasteiger partial charge in [-0.15, -0.1) is 0 Å². The van der Waals surface area contributed by atoms with E-state index in [9.17, 15) is 14.4 Å². The van der Waals surface area contributed by atoms with Crippen molar-refractivity contribution in [2.24, 2.45) is 21.6 Å². The van der Waals surface area contributed by atoms with Gasteiger partial charge < -0.3 is 0 Å². The summed E-state index contributed by atoms with van der Waals surface area (Å²) in [6.45, 7) is 5.58. The quantitative estimate of drug-likeness (QED) is 0.553. The van der Waals surface area contributed by atoms with Crippen LogP contribution in [-0.2, 0) is 16.0 Å². The molecule has 1 saturated heterocycles. The largest absolute Gasteiger partial charge is 0.291 e. The topological polar surface area (TPSA) is 110 Å². The molecule has 170 valence electrons. The molecule has 2 amide bonds. The third-order valence-corrected chi connectivity index (χ3v) is 7.32. The summed E-state index contributed by atoms with van der Waals surface area (Å²) < 4.78 is 1.69. The van der Waals surface area contributed by atoms with Crippen LogP contribution < -0.4 is 4.90 Å². The average molecular weight is 454 g/mol. The van der Waals surface area contributed by atoms with Crippen molar-refractivity contribution < 1.29 is 14.4 Å². The van der Waals surface area contributed by atoms with Crippen LogP contribution in [0.4, 0.5) is 5.69 Å². The second-order valence-corrected chi connectivity index (χ2v) is 9.65. The second-order valence-electron chi connectivity index (χ2n) is 9.65. The van der Waals surface area contributed by atoms with E-state index in [-0.39, 0.29) is 5.78 Å². The summed E-state index contributed by atoms with van der Waals surface area (Å²) in [6, 6.07) is 13.2. The monoisotopic (exact) mass is 454 g/mol. The number of Topliss-reactive ketones (excluding diaryl/α,β-unsaturated/α-hetero) is 1. The summed E-state index contributed by atoms with van der Waals surface area (Å²) in [7, 11) is 0. The summed E-state index contributed by atoms with van der Waals surface area (Å²) in [6.07, 6.45) is 2.09. The molecule has 9 nitrogen and oxygen atoms in total. The number of hydrogen-bond donors (Lipinski definition) is 0. The van der Waals surface area contributed by atoms with E-state index in [0.29, 0.717) is 29.2 Å². The Morgan fingerprint density at radius 2 is 1.71 bits per heavy atom. The van der Waals surface area contributed by atoms with Crippen LogP contribution in [0, 0.1) is 18.3 Å². The summed E-state index contributed by atoms with van der Waals surface area (Å²) in [4.78, 5) is 46.8. The minimum absolute atomic E-state index is 0.314. The molecule has 3 aromatic rings. The zero-order chi connectivity index (χ0) is 23.8. The molecule has 3 atom stereocenters. The number of aromatic nitrogens is 3. The van der Waals surface area contributed by atoms with E-state index in [1.165, 1.54) is 0 Å². The minimum atomic E-state index is -1.48. The Balaban J connectivity index is 1.50. The first-order valence-electron chi connectivity index (χ1n) is 11.2. The first-order chi connectivity index (χ1) is 16.3. The van der Waals surface area contributed by atoms with Crippen molar-refractivity contribution in [1.82, 2.24) is 14.8 Å². The van der Waals surface area contributed by atoms with Crippen molar-refractivity contribution in [2.75, 3.05) is 4.90 Å². The number of benzene rings is 1. The number of carbonyl (C=O) groups excluding carboxylic acids is 3. The maximum atomic E-state index is 14.3. The number of fused-ring (bicyclic) bond motifs is 3. The van der Waals surface area contributed by atoms with Gasteiger partial charge in [-0.3, -0.25) is 14.4 Å². The molecule has 9 heteroatoms. The Morgan fingerprint density at radius 3 is 2.41 bits per heavy atom. The third-order valence-electron chi connectivity index (χ3n) is 7.32. The van der Waals surface area contributed by atoms with Gasteiger partial charge in [-0.2, -0.15) is 15.3 Å². The normalized spacial score (nSPS) is 26.9. The number of nitrogens with zero attached hydrogens (tertiary/aromatic N) is 6. The van der Waals surface area contributed by atoms with Crippen molar-refractivity contribution in [3.8, 4) is 5.82 Å². The predicted octanol–water partition coefficient (Wildman–Crippen LogP) is 3.10. The van der Waals surface area contributed by atoms with Crippen molar-refractivity contribution in [1.29, 1.82) is 0 Å². The van der Waals surface area contributed by atoms with E-state index in [1.807, 2.05) is 38.1 Å². The van der Waals surface area contributed by atoms with E-state index in [4.69, 9.17) is 0 Å². The van der Waals surface area contributed by atoms with Gasteiger partial charge in [0.2, 0.25) is 5.91 Å². The van der Waals surface area contributed by atoms with Crippen LogP contribution in [-0.4, -0.2) is 43.9 Å². The number of carbonyl (C=O) groups is 3. The van der Waals surface area contributed by atoms with Gasteiger partial charge >= 0.3 is 0 Å². The van der Waals surface area contributed by atoms with Crippen LogP contribution in [0.15, 0.2) is 65.0 Å². The molecular weight excluding hydrogens is 432 g/mol. The van der Waals surface area contributed by atoms with Gasteiger partial charge in [-0.1, -0.05) is 38.1 Å². The highest BCUT2D eigenvalue weighted by atomic mass is 16.2. The van der Waals surface area contributed by atoms with Gasteiger partial charge in [0.25, 0.3) is 5.91 Å². The lowest BCUT2D eigenvalue weighted by Crippen LogP contribution is -2.60. The van der Waals surface area contributed by atoms with Crippen LogP contribution in [0.2, 0.25) is 0 Å². The molecule has 3 unspecified atom stereocenters. The second kappa shape index (κ2) is 6.75. The highest BCUT2D eigenvalue weighted by Crippen LogP contribution is 2.56. The van der Waals surface area contributed by atoms with E-state index < -0.39 is 34.7 Å². The number of azo groups is 1. The van der Waals surface area contributed by atoms with Gasteiger partial charge in [0.05, 0.1) is 22.6 Å². The number of aryl methyl sites for hydroxylation is 1. The van der Waals surface area contributed by atoms with Gasteiger partial charge in [0.15, 0.2) is 23.2 Å². The van der Waals surface area contributed by atoms with Crippen LogP contribution >= 0.6 is 0 Å². The number of pyridine rings is 1. The fourth-order valence-corrected chi connectivity index (χ4v) is 5.72. The van der Waals surface area contributed by atoms with Crippen LogP contribution in [0.1, 0.15) is 35.6 Å². The Hall–Kier alpha value is -4.01. The Labute approximate surface area is 195 Å². The summed E-state index contributed by atoms with van der Waals surface area (Å²) in [5.74, 6) is -1.58. The summed E-state index contributed by atoms with van der Waals surface area (Å²) in [5.41, 5.74) is -0.116. The molecule has 2 aromatic heterocycles. The molecule has 2 aliphatic heterocycles. The first kappa shape index (κ1) is 20.6. The number of amides is 2. The molecule has 1 aliphatic carbocycles. The van der Waals surface area contributed by atoms with Crippen molar-refractivity contribution in [3.05, 3.63) is 71.7 Å². The maximum absolute atomic E-state index is 14.3. The fraction of sp³-hybridized carbons (Fsp3) is 0.320. The molecule has 0 saturated carbocycles. The number of ketones is 1. The lowest BCUT2D eigenvalue weighted by atomic mass is 9.56. The Bertz CT molecular complexity index is 1390. The number of para-hydroxylation sites is 1. The highest BCUT2D eigenvalue weighted by Gasteiger charge is 2.72. The molecule has 6 rings (SSSR count). The van der Waals surface area contributed by atoms with E-state index in [2.05, 4.69) is 20.3 Å². The molecule has 1 fully saturated rings. The molecule has 1 spiro atoms. The van der Waals surface area contributed by atoms with Crippen LogP contribution in [0.3, 0.4) is 0 Å². The lowest BCUT2D eigenvalue weighted by molar-refractivity contribution is -0.124. The fourth-order valence-electron chi connectivity index (χ4n) is 5.72. The van der Waals surface area contributed by atoms with Crippen LogP contribution in [0.5, 0.6) is 0 Å². The van der Waals surface area contributed by atoms with Gasteiger partial charge in [-0.05, 0) is 37.6 Å². The van der Waals surface area contributed by atoms with Gasteiger partial charge in [0, 0.05) is 11.6 Å². The molecule has 34 heavy (non-hydrogen) atoms. The zero-order valence-corrected chi connectivity index (χ0v) is 19.0. The SMILES string of the molecule is Cc1nn(-c2ccccn2)c2c1C(=O)C1(N=NC3C(=O)N(c4ccccc4)C(=O)C31)C(C)(C)C2. The van der Waals surface area contributed by atoms with Crippen molar-refractivity contribution in [3.63, 3.8) is 0 Å². The standard InChI is InChI=1S/C25H22N6O3/c1-14-18-16(31(28-14)17-11-7-8-12-26-17)13-24(2,3)25(21(18)32)19-20(27-29-25)23(34)30(22(19)33)15-9-5-4-6-10-15/h4-12,19-20H,13H2,1-3H3. The number of hydrogen-bond acceptors (Lipinski definition) is 7. The Kier molecular flexibility index (Phi) is 4.09. The van der Waals surface area contributed by atoms with Crippen molar-refractivity contribution in [2.45, 2.75) is 38.8 Å². The average Bonchev–Trinajstić information content (AvgIpc) is 3.45. The molecule has 1 aromatic carbocycles. The highest BCUT2D eigenvalue weighted by molar-refractivity contribution is 6.26. The number of rotatable bonds is 2. The molecule has 3 aliphatic rings. The maximum Gasteiger partial charge on any atom is 0.261 e. The number of anilines is 1. The zero-order valence-electron chi connectivity index (χ0n) is 19.0. The first-order valence-corrected chi connectivity index (χ1v) is 11.2.